The van der Waals surface area contributed by atoms with Gasteiger partial charge in [0.1, 0.15) is 11.2 Å². The summed E-state index contributed by atoms with van der Waals surface area (Å²) in [6.45, 7) is 4.79. The molecule has 3 heteroatoms. The molecule has 1 aliphatic carbocycles. The summed E-state index contributed by atoms with van der Waals surface area (Å²) in [4.78, 5) is 2.49. The summed E-state index contributed by atoms with van der Waals surface area (Å²) in [6.07, 6.45) is 9.88. The number of benzene rings is 6. The van der Waals surface area contributed by atoms with E-state index in [1.807, 2.05) is 0 Å². The third kappa shape index (κ3) is 3.76. The van der Waals surface area contributed by atoms with Crippen LogP contribution >= 0.6 is 0 Å². The molecule has 0 spiro atoms. The highest BCUT2D eigenvalue weighted by atomic mass is 16.3. The Morgan fingerprint density at radius 1 is 0.667 bits per heavy atom. The molecule has 0 fully saturated rings. The summed E-state index contributed by atoms with van der Waals surface area (Å²) in [5.41, 5.74) is 12.7. The molecule has 1 unspecified atom stereocenters. The number of hydrogen-bond acceptors (Lipinski definition) is 2. The van der Waals surface area contributed by atoms with Crippen molar-refractivity contribution in [1.29, 1.82) is 0 Å². The average Bonchev–Trinajstić information content (AvgIpc) is 3.68. The molecule has 1 atom stereocenters. The van der Waals surface area contributed by atoms with Crippen molar-refractivity contribution in [3.8, 4) is 16.8 Å². The third-order valence-corrected chi connectivity index (χ3v) is 10.7. The lowest BCUT2D eigenvalue weighted by molar-refractivity contribution is 0.629. The van der Waals surface area contributed by atoms with Crippen LogP contribution in [0.3, 0.4) is 0 Å². The molecule has 8 aromatic rings. The van der Waals surface area contributed by atoms with Crippen LogP contribution in [0.1, 0.15) is 31.4 Å². The summed E-state index contributed by atoms with van der Waals surface area (Å²) in [7, 11) is 0. The predicted molar refractivity (Wildman–Crippen MR) is 201 cm³/mol. The monoisotopic (exact) mass is 618 g/mol. The maximum atomic E-state index is 6.99. The topological polar surface area (TPSA) is 21.3 Å². The van der Waals surface area contributed by atoms with Crippen molar-refractivity contribution < 1.29 is 4.42 Å². The summed E-state index contributed by atoms with van der Waals surface area (Å²) >= 11 is 0. The second-order valence-electron chi connectivity index (χ2n) is 13.7. The SMILES string of the molecule is CC1(C)c2cc(N(c3ccccc3)C3C=CC=CC3)ccc2-n2c3ccccc3c3c4oc5c(-c6ccccc6)cccc5c4cc1c32. The first-order chi connectivity index (χ1) is 23.6. The van der Waals surface area contributed by atoms with Crippen molar-refractivity contribution in [2.45, 2.75) is 31.7 Å². The van der Waals surface area contributed by atoms with Crippen molar-refractivity contribution in [3.05, 3.63) is 163 Å². The number of anilines is 2. The lowest BCUT2D eigenvalue weighted by Crippen LogP contribution is -2.31. The van der Waals surface area contributed by atoms with Crippen molar-refractivity contribution >= 4 is 55.1 Å². The van der Waals surface area contributed by atoms with E-state index < -0.39 is 0 Å². The van der Waals surface area contributed by atoms with Gasteiger partial charge in [-0.1, -0.05) is 123 Å². The first kappa shape index (κ1) is 27.3. The first-order valence-electron chi connectivity index (χ1n) is 16.9. The minimum Gasteiger partial charge on any atom is -0.455 e. The molecule has 0 amide bonds. The molecule has 0 saturated heterocycles. The van der Waals surface area contributed by atoms with E-state index >= 15 is 0 Å². The molecular weight excluding hydrogens is 585 g/mol. The molecule has 10 rings (SSSR count). The van der Waals surface area contributed by atoms with Crippen molar-refractivity contribution in [3.63, 3.8) is 0 Å². The summed E-state index contributed by atoms with van der Waals surface area (Å²) in [5, 5.41) is 4.74. The number of allylic oxidation sites excluding steroid dienone is 2. The molecule has 1 aliphatic heterocycles. The number of aromatic nitrogens is 1. The molecule has 230 valence electrons. The van der Waals surface area contributed by atoms with Gasteiger partial charge in [0.05, 0.1) is 28.1 Å². The van der Waals surface area contributed by atoms with Crippen molar-refractivity contribution in [1.82, 2.24) is 4.57 Å². The number of fused-ring (bicyclic) bond motifs is 9. The Labute approximate surface area is 279 Å². The molecule has 3 heterocycles. The lowest BCUT2D eigenvalue weighted by Gasteiger charge is -2.38. The summed E-state index contributed by atoms with van der Waals surface area (Å²) in [6, 6.07) is 46.5. The molecule has 48 heavy (non-hydrogen) atoms. The molecule has 2 aliphatic rings. The quantitative estimate of drug-likeness (QED) is 0.196. The van der Waals surface area contributed by atoms with E-state index in [-0.39, 0.29) is 11.5 Å². The Morgan fingerprint density at radius 3 is 2.25 bits per heavy atom. The Bertz CT molecular complexity index is 2620. The second-order valence-corrected chi connectivity index (χ2v) is 13.7. The smallest absolute Gasteiger partial charge is 0.145 e. The van der Waals surface area contributed by atoms with Gasteiger partial charge in [-0.2, -0.15) is 0 Å². The van der Waals surface area contributed by atoms with Gasteiger partial charge in [-0.05, 0) is 65.6 Å². The molecule has 0 radical (unpaired) electrons. The van der Waals surface area contributed by atoms with Gasteiger partial charge in [-0.3, -0.25) is 0 Å². The summed E-state index contributed by atoms with van der Waals surface area (Å²) < 4.78 is 9.48. The van der Waals surface area contributed by atoms with Crippen LogP contribution in [0.25, 0.3) is 60.6 Å². The Balaban J connectivity index is 1.27. The highest BCUT2D eigenvalue weighted by Crippen LogP contribution is 2.52. The van der Waals surface area contributed by atoms with E-state index in [9.17, 15) is 0 Å². The Hall–Kier alpha value is -5.80. The van der Waals surface area contributed by atoms with Crippen LogP contribution in [0.2, 0.25) is 0 Å². The van der Waals surface area contributed by atoms with Gasteiger partial charge >= 0.3 is 0 Å². The fourth-order valence-electron chi connectivity index (χ4n) is 8.37. The molecular formula is C45H34N2O. The van der Waals surface area contributed by atoms with Gasteiger partial charge in [-0.25, -0.2) is 0 Å². The molecule has 6 aromatic carbocycles. The Kier molecular flexibility index (Phi) is 5.75. The predicted octanol–water partition coefficient (Wildman–Crippen LogP) is 12.0. The number of rotatable bonds is 4. The largest absolute Gasteiger partial charge is 0.455 e. The highest BCUT2D eigenvalue weighted by molar-refractivity contribution is 6.26. The number of furan rings is 1. The van der Waals surface area contributed by atoms with E-state index in [0.29, 0.717) is 0 Å². The van der Waals surface area contributed by atoms with Gasteiger partial charge < -0.3 is 13.9 Å². The molecule has 3 nitrogen and oxygen atoms in total. The molecule has 0 bridgehead atoms. The van der Waals surface area contributed by atoms with E-state index in [4.69, 9.17) is 4.42 Å². The fourth-order valence-corrected chi connectivity index (χ4v) is 8.37. The molecule has 0 N–H and O–H groups in total. The maximum absolute atomic E-state index is 6.99. The van der Waals surface area contributed by atoms with E-state index in [1.54, 1.807) is 0 Å². The second kappa shape index (κ2) is 10.1. The van der Waals surface area contributed by atoms with E-state index in [1.165, 1.54) is 55.4 Å². The normalized spacial score (nSPS) is 16.2. The van der Waals surface area contributed by atoms with Gasteiger partial charge in [0.25, 0.3) is 0 Å². The minimum absolute atomic E-state index is 0.240. The maximum Gasteiger partial charge on any atom is 0.145 e. The van der Waals surface area contributed by atoms with Crippen LogP contribution in [0, 0.1) is 0 Å². The number of hydrogen-bond donors (Lipinski definition) is 0. The highest BCUT2D eigenvalue weighted by Gasteiger charge is 2.38. The van der Waals surface area contributed by atoms with Crippen LogP contribution in [0.4, 0.5) is 11.4 Å². The van der Waals surface area contributed by atoms with Gasteiger partial charge in [-0.15, -0.1) is 0 Å². The standard InChI is InChI=1S/C45H34N2O/c1-45(2)37-27-32(46(30-17-8-4-9-18-30)31-19-10-5-11-20-31)25-26-40(37)47-39-24-13-12-21-35(39)41-42(47)38(45)28-36-34-23-14-22-33(43(34)48-44(36)41)29-15-6-3-7-16-29/h3-19,21-28,31H,20H2,1-2H3. The van der Waals surface area contributed by atoms with E-state index in [0.717, 1.165) is 34.1 Å². The lowest BCUT2D eigenvalue weighted by atomic mass is 9.74. The minimum atomic E-state index is -0.270. The van der Waals surface area contributed by atoms with Crippen molar-refractivity contribution in [2.75, 3.05) is 4.90 Å². The zero-order valence-corrected chi connectivity index (χ0v) is 27.0. The first-order valence-corrected chi connectivity index (χ1v) is 16.9. The Morgan fingerprint density at radius 2 is 1.44 bits per heavy atom. The van der Waals surface area contributed by atoms with Crippen molar-refractivity contribution in [2.24, 2.45) is 0 Å². The fraction of sp³-hybridized carbons (Fsp3) is 0.111. The van der Waals surface area contributed by atoms with Crippen LogP contribution < -0.4 is 4.90 Å². The molecule has 2 aromatic heterocycles. The van der Waals surface area contributed by atoms with E-state index in [2.05, 4.69) is 175 Å². The van der Waals surface area contributed by atoms with Gasteiger partial charge in [0.15, 0.2) is 0 Å². The van der Waals surface area contributed by atoms with Gasteiger partial charge in [0, 0.05) is 38.5 Å². The average molecular weight is 619 g/mol. The molecule has 0 saturated carbocycles. The van der Waals surface area contributed by atoms with Crippen LogP contribution in [0.15, 0.2) is 156 Å². The van der Waals surface area contributed by atoms with Gasteiger partial charge in [0.2, 0.25) is 0 Å². The third-order valence-electron chi connectivity index (χ3n) is 10.7. The number of nitrogens with zero attached hydrogens (tertiary/aromatic N) is 2. The zero-order valence-electron chi connectivity index (χ0n) is 27.0. The van der Waals surface area contributed by atoms with Crippen LogP contribution in [-0.4, -0.2) is 10.6 Å². The zero-order chi connectivity index (χ0) is 32.0. The van der Waals surface area contributed by atoms with Crippen LogP contribution in [-0.2, 0) is 5.41 Å². The van der Waals surface area contributed by atoms with Crippen LogP contribution in [0.5, 0.6) is 0 Å². The number of para-hydroxylation sites is 3. The summed E-state index contributed by atoms with van der Waals surface area (Å²) in [5.74, 6) is 0.